The van der Waals surface area contributed by atoms with Crippen LogP contribution in [-0.2, 0) is 11.3 Å². The number of halogens is 2. The number of hydrogen-bond acceptors (Lipinski definition) is 10. The van der Waals surface area contributed by atoms with Crippen LogP contribution in [0.4, 0.5) is 43.8 Å². The molecule has 0 radical (unpaired) electrons. The molecule has 0 unspecified atom stereocenters. The van der Waals surface area contributed by atoms with Crippen LogP contribution >= 0.6 is 23.2 Å². The molecule has 2 aromatic carbocycles. The largest absolute Gasteiger partial charge is 0.495 e. The second-order valence-corrected chi connectivity index (χ2v) is 13.3. The topological polar surface area (TPSA) is 134 Å². The van der Waals surface area contributed by atoms with Crippen molar-refractivity contribution in [3.63, 3.8) is 0 Å². The van der Waals surface area contributed by atoms with E-state index in [4.69, 9.17) is 37.4 Å². The number of methoxy groups -OCH3 is 2. The number of carbonyl (C=O) groups excluding carboxylic acids is 2. The predicted molar refractivity (Wildman–Crippen MR) is 190 cm³/mol. The number of fused-ring (bicyclic) bond motifs is 1. The van der Waals surface area contributed by atoms with E-state index in [0.717, 1.165) is 24.5 Å². The molecular formula is C33H39Cl2N7O7. The number of hydrogen-bond donors (Lipinski definition) is 0. The van der Waals surface area contributed by atoms with Crippen molar-refractivity contribution in [2.45, 2.75) is 39.8 Å². The molecule has 3 aromatic rings. The molecule has 0 spiro atoms. The summed E-state index contributed by atoms with van der Waals surface area (Å²) in [6.07, 6.45) is 0.616. The Kier molecular flexibility index (Phi) is 10.3. The van der Waals surface area contributed by atoms with Gasteiger partial charge in [0.25, 0.3) is 5.69 Å². The molecule has 262 valence electrons. The van der Waals surface area contributed by atoms with E-state index >= 15 is 0 Å². The van der Waals surface area contributed by atoms with E-state index in [9.17, 15) is 19.7 Å². The maximum absolute atomic E-state index is 13.9. The number of benzene rings is 2. The zero-order chi connectivity index (χ0) is 35.8. The minimum absolute atomic E-state index is 0.00806. The molecule has 0 N–H and O–H groups in total. The van der Waals surface area contributed by atoms with Gasteiger partial charge in [-0.1, -0.05) is 30.1 Å². The van der Waals surface area contributed by atoms with Gasteiger partial charge in [-0.3, -0.25) is 19.9 Å². The lowest BCUT2D eigenvalue weighted by Gasteiger charge is -2.36. The zero-order valence-electron chi connectivity index (χ0n) is 28.5. The molecule has 49 heavy (non-hydrogen) atoms. The smallest absolute Gasteiger partial charge is 0.420 e. The fourth-order valence-corrected chi connectivity index (χ4v) is 6.52. The standard InChI is InChI=1S/C33H39Cl2N7O7/c1-8-38-11-13-39(14-12-38)21-9-10-22(24(15-21)42(45)46)41(32(44)49-33(2,3)4)27-16-23-20(18-36-27)19-40(31(43)37(23)5)30-28(34)25(47-6)17-26(48-7)29(30)35/h9-10,15-18H,8,11-14,19H2,1-7H3. The summed E-state index contributed by atoms with van der Waals surface area (Å²) in [7, 11) is 4.42. The fourth-order valence-electron chi connectivity index (χ4n) is 5.81. The Hall–Kier alpha value is -4.53. The molecule has 2 aliphatic rings. The van der Waals surface area contributed by atoms with E-state index < -0.39 is 22.6 Å². The monoisotopic (exact) mass is 715 g/mol. The van der Waals surface area contributed by atoms with Crippen LogP contribution in [0.15, 0.2) is 36.5 Å². The first-order chi connectivity index (χ1) is 23.2. The van der Waals surface area contributed by atoms with E-state index in [1.807, 2.05) is 0 Å². The third-order valence-electron chi connectivity index (χ3n) is 8.36. The Morgan fingerprint density at radius 1 is 1.04 bits per heavy atom. The van der Waals surface area contributed by atoms with Crippen molar-refractivity contribution in [2.24, 2.45) is 0 Å². The van der Waals surface area contributed by atoms with Gasteiger partial charge in [0.2, 0.25) is 0 Å². The zero-order valence-corrected chi connectivity index (χ0v) is 30.0. The van der Waals surface area contributed by atoms with E-state index in [0.29, 0.717) is 30.0 Å². The van der Waals surface area contributed by atoms with Gasteiger partial charge in [-0.25, -0.2) is 19.5 Å². The third kappa shape index (κ3) is 7.12. The molecule has 0 aliphatic carbocycles. The maximum Gasteiger partial charge on any atom is 0.420 e. The summed E-state index contributed by atoms with van der Waals surface area (Å²) in [4.78, 5) is 52.4. The van der Waals surface area contributed by atoms with E-state index in [2.05, 4.69) is 21.7 Å². The van der Waals surface area contributed by atoms with Crippen LogP contribution in [-0.4, -0.2) is 86.5 Å². The van der Waals surface area contributed by atoms with Crippen molar-refractivity contribution in [3.05, 3.63) is 62.3 Å². The van der Waals surface area contributed by atoms with Crippen molar-refractivity contribution in [2.75, 3.05) is 73.6 Å². The molecule has 16 heteroatoms. The Morgan fingerprint density at radius 2 is 1.67 bits per heavy atom. The fraction of sp³-hybridized carbons (Fsp3) is 0.424. The SMILES string of the molecule is CCN1CCN(c2ccc(N(C(=O)OC(C)(C)C)c3cc4c(cn3)CN(c3c(Cl)c(OC)cc(OC)c3Cl)C(=O)N4C)c([N+](=O)[O-])c2)CC1. The number of piperazine rings is 1. The number of urea groups is 1. The number of rotatable bonds is 8. The Labute approximate surface area is 294 Å². The van der Waals surface area contributed by atoms with Crippen LogP contribution in [0.25, 0.3) is 0 Å². The molecule has 0 bridgehead atoms. The van der Waals surface area contributed by atoms with Crippen molar-refractivity contribution >= 4 is 69.6 Å². The normalized spacial score (nSPS) is 15.2. The van der Waals surface area contributed by atoms with Gasteiger partial charge in [0, 0.05) is 68.9 Å². The molecule has 1 fully saturated rings. The summed E-state index contributed by atoms with van der Waals surface area (Å²) in [5.74, 6) is 0.542. The predicted octanol–water partition coefficient (Wildman–Crippen LogP) is 7.11. The molecule has 3 heterocycles. The number of nitro benzene ring substituents is 1. The maximum atomic E-state index is 13.9. The quantitative estimate of drug-likeness (QED) is 0.176. The summed E-state index contributed by atoms with van der Waals surface area (Å²) >= 11 is 13.3. The number of pyridine rings is 1. The summed E-state index contributed by atoms with van der Waals surface area (Å²) in [5.41, 5.74) is 0.596. The molecule has 1 saturated heterocycles. The second kappa shape index (κ2) is 14.1. The molecule has 14 nitrogen and oxygen atoms in total. The van der Waals surface area contributed by atoms with E-state index in [1.165, 1.54) is 54.5 Å². The highest BCUT2D eigenvalue weighted by Gasteiger charge is 2.37. The van der Waals surface area contributed by atoms with E-state index in [-0.39, 0.29) is 51.0 Å². The van der Waals surface area contributed by atoms with Gasteiger partial charge in [0.15, 0.2) is 0 Å². The van der Waals surface area contributed by atoms with Crippen LogP contribution in [0.3, 0.4) is 0 Å². The van der Waals surface area contributed by atoms with Gasteiger partial charge in [-0.2, -0.15) is 0 Å². The first kappa shape index (κ1) is 35.8. The van der Waals surface area contributed by atoms with Gasteiger partial charge in [-0.05, 0) is 39.4 Å². The van der Waals surface area contributed by atoms with Gasteiger partial charge < -0.3 is 24.0 Å². The van der Waals surface area contributed by atoms with Crippen molar-refractivity contribution in [3.8, 4) is 11.5 Å². The number of anilines is 5. The van der Waals surface area contributed by atoms with Gasteiger partial charge in [0.05, 0.1) is 37.1 Å². The number of aromatic nitrogens is 1. The van der Waals surface area contributed by atoms with Crippen LogP contribution in [0.2, 0.25) is 10.0 Å². The minimum atomic E-state index is -0.930. The Bertz CT molecular complexity index is 1750. The lowest BCUT2D eigenvalue weighted by molar-refractivity contribution is -0.384. The van der Waals surface area contributed by atoms with Crippen molar-refractivity contribution in [1.82, 2.24) is 9.88 Å². The molecule has 0 saturated carbocycles. The first-order valence-electron chi connectivity index (χ1n) is 15.6. The molecule has 3 amide bonds. The molecule has 1 aromatic heterocycles. The van der Waals surface area contributed by atoms with Crippen LogP contribution in [0.1, 0.15) is 33.3 Å². The third-order valence-corrected chi connectivity index (χ3v) is 9.09. The lowest BCUT2D eigenvalue weighted by Crippen LogP contribution is -2.46. The van der Waals surface area contributed by atoms with E-state index in [1.54, 1.807) is 33.9 Å². The summed E-state index contributed by atoms with van der Waals surface area (Å²) in [6, 6.07) is 7.30. The molecule has 2 aliphatic heterocycles. The molecule has 5 rings (SSSR count). The summed E-state index contributed by atoms with van der Waals surface area (Å²) in [6.45, 7) is 11.2. The minimum Gasteiger partial charge on any atom is -0.495 e. The highest BCUT2D eigenvalue weighted by atomic mass is 35.5. The number of nitro groups is 1. The Morgan fingerprint density at radius 3 is 2.22 bits per heavy atom. The number of carbonyl (C=O) groups is 2. The number of amides is 3. The van der Waals surface area contributed by atoms with Crippen LogP contribution < -0.4 is 29.1 Å². The van der Waals surface area contributed by atoms with Gasteiger partial charge in [-0.15, -0.1) is 0 Å². The van der Waals surface area contributed by atoms with Crippen LogP contribution in [0.5, 0.6) is 11.5 Å². The van der Waals surface area contributed by atoms with Crippen LogP contribution in [0, 0.1) is 10.1 Å². The number of likely N-dealkylation sites (N-methyl/N-ethyl adjacent to an activating group) is 1. The Balaban J connectivity index is 1.58. The highest BCUT2D eigenvalue weighted by molar-refractivity contribution is 6.42. The highest BCUT2D eigenvalue weighted by Crippen LogP contribution is 2.48. The average Bonchev–Trinajstić information content (AvgIpc) is 3.06. The van der Waals surface area contributed by atoms with Gasteiger partial charge in [0.1, 0.15) is 38.7 Å². The van der Waals surface area contributed by atoms with Crippen molar-refractivity contribution in [1.29, 1.82) is 0 Å². The molecular weight excluding hydrogens is 677 g/mol. The second-order valence-electron chi connectivity index (χ2n) is 12.5. The number of nitrogens with zero attached hydrogens (tertiary/aromatic N) is 7. The summed E-state index contributed by atoms with van der Waals surface area (Å²) in [5, 5.41) is 12.8. The summed E-state index contributed by atoms with van der Waals surface area (Å²) < 4.78 is 16.5. The average molecular weight is 717 g/mol. The molecule has 0 atom stereocenters. The lowest BCUT2D eigenvalue weighted by atomic mass is 10.1. The van der Waals surface area contributed by atoms with Crippen molar-refractivity contribution < 1.29 is 28.7 Å². The first-order valence-corrected chi connectivity index (χ1v) is 16.4. The number of ether oxygens (including phenoxy) is 3. The van der Waals surface area contributed by atoms with Gasteiger partial charge >= 0.3 is 12.1 Å².